The maximum Gasteiger partial charge on any atom is 0.257 e. The van der Waals surface area contributed by atoms with Crippen molar-refractivity contribution >= 4 is 11.7 Å². The molecule has 138 valence electrons. The second kappa shape index (κ2) is 7.85. The zero-order valence-corrected chi connectivity index (χ0v) is 15.1. The van der Waals surface area contributed by atoms with Gasteiger partial charge in [-0.25, -0.2) is 9.97 Å². The van der Waals surface area contributed by atoms with Crippen molar-refractivity contribution in [3.8, 4) is 0 Å². The van der Waals surface area contributed by atoms with E-state index in [1.165, 1.54) is 12.8 Å². The molecule has 4 rings (SSSR count). The fourth-order valence-corrected chi connectivity index (χ4v) is 4.08. The molecular weight excluding hydrogens is 328 g/mol. The number of carbonyl (C=O) groups is 1. The lowest BCUT2D eigenvalue weighted by molar-refractivity contribution is 0.0724. The molecule has 0 N–H and O–H groups in total. The number of likely N-dealkylation sites (tertiary alicyclic amines) is 1. The second-order valence-corrected chi connectivity index (χ2v) is 7.30. The Hall–Kier alpha value is -2.44. The number of pyridine rings is 1. The van der Waals surface area contributed by atoms with Crippen LogP contribution in [0.5, 0.6) is 0 Å². The summed E-state index contributed by atoms with van der Waals surface area (Å²) in [5.41, 5.74) is 0.746. The van der Waals surface area contributed by atoms with Crippen LogP contribution < -0.4 is 4.90 Å². The topological polar surface area (TPSA) is 67.2 Å². The smallest absolute Gasteiger partial charge is 0.257 e. The number of anilines is 1. The molecular formula is C19H26N6O. The monoisotopic (exact) mass is 354 g/mol. The summed E-state index contributed by atoms with van der Waals surface area (Å²) in [5, 5.41) is 4.23. The molecule has 7 nitrogen and oxygen atoms in total. The molecule has 4 heterocycles. The summed E-state index contributed by atoms with van der Waals surface area (Å²) in [6.07, 6.45) is 10.8. The van der Waals surface area contributed by atoms with Gasteiger partial charge in [-0.2, -0.15) is 5.10 Å². The first-order valence-electron chi connectivity index (χ1n) is 9.63. The summed E-state index contributed by atoms with van der Waals surface area (Å²) >= 11 is 0. The molecule has 1 amide bonds. The molecule has 26 heavy (non-hydrogen) atoms. The Kier molecular flexibility index (Phi) is 5.13. The Morgan fingerprint density at radius 2 is 2.04 bits per heavy atom. The van der Waals surface area contributed by atoms with Gasteiger partial charge in [-0.3, -0.25) is 9.48 Å². The van der Waals surface area contributed by atoms with Gasteiger partial charge in [0.25, 0.3) is 5.91 Å². The Bertz CT molecular complexity index is 725. The Morgan fingerprint density at radius 3 is 2.85 bits per heavy atom. The lowest BCUT2D eigenvalue weighted by atomic mass is 9.97. The lowest BCUT2D eigenvalue weighted by Crippen LogP contribution is -2.40. The van der Waals surface area contributed by atoms with Crippen molar-refractivity contribution in [3.05, 3.63) is 36.5 Å². The van der Waals surface area contributed by atoms with Crippen LogP contribution >= 0.6 is 0 Å². The Labute approximate surface area is 154 Å². The van der Waals surface area contributed by atoms with Gasteiger partial charge < -0.3 is 9.80 Å². The molecule has 2 aliphatic rings. The fraction of sp³-hybridized carbons (Fsp3) is 0.579. The second-order valence-electron chi connectivity index (χ2n) is 7.30. The number of rotatable bonds is 4. The highest BCUT2D eigenvalue weighted by molar-refractivity contribution is 5.99. The number of piperidine rings is 2. The molecule has 0 radical (unpaired) electrons. The van der Waals surface area contributed by atoms with E-state index in [1.807, 2.05) is 21.7 Å². The highest BCUT2D eigenvalue weighted by atomic mass is 16.2. The molecule has 7 heteroatoms. The van der Waals surface area contributed by atoms with Crippen LogP contribution in [-0.4, -0.2) is 56.7 Å². The number of nitrogens with zero attached hydrogens (tertiary/aromatic N) is 6. The number of amides is 1. The predicted molar refractivity (Wildman–Crippen MR) is 99.0 cm³/mol. The number of hydrogen-bond acceptors (Lipinski definition) is 5. The molecule has 2 saturated heterocycles. The molecule has 1 unspecified atom stereocenters. The molecule has 0 aliphatic carbocycles. The van der Waals surface area contributed by atoms with E-state index in [2.05, 4.69) is 20.0 Å². The number of aromatic nitrogens is 4. The molecule has 0 saturated carbocycles. The largest absolute Gasteiger partial charge is 0.356 e. The first-order chi connectivity index (χ1) is 12.8. The summed E-state index contributed by atoms with van der Waals surface area (Å²) in [6, 6.07) is 3.80. The van der Waals surface area contributed by atoms with Crippen LogP contribution in [0.4, 0.5) is 5.82 Å². The van der Waals surface area contributed by atoms with Crippen LogP contribution in [-0.2, 0) is 6.54 Å². The van der Waals surface area contributed by atoms with E-state index in [4.69, 9.17) is 0 Å². The van der Waals surface area contributed by atoms with E-state index in [0.29, 0.717) is 5.92 Å². The highest BCUT2D eigenvalue weighted by Gasteiger charge is 2.27. The SMILES string of the molecule is O=C(c1cccnc1N1CCCC(Cn2cncn2)C1)N1CCCCC1. The summed E-state index contributed by atoms with van der Waals surface area (Å²) in [6.45, 7) is 4.44. The highest BCUT2D eigenvalue weighted by Crippen LogP contribution is 2.26. The van der Waals surface area contributed by atoms with Gasteiger partial charge in [0.2, 0.25) is 0 Å². The number of hydrogen-bond donors (Lipinski definition) is 0. The first-order valence-corrected chi connectivity index (χ1v) is 9.63. The van der Waals surface area contributed by atoms with Crippen molar-refractivity contribution in [2.24, 2.45) is 5.92 Å². The van der Waals surface area contributed by atoms with Crippen LogP contribution in [0, 0.1) is 5.92 Å². The van der Waals surface area contributed by atoms with Crippen LogP contribution in [0.25, 0.3) is 0 Å². The lowest BCUT2D eigenvalue weighted by Gasteiger charge is -2.35. The third-order valence-corrected chi connectivity index (χ3v) is 5.39. The van der Waals surface area contributed by atoms with E-state index < -0.39 is 0 Å². The van der Waals surface area contributed by atoms with Gasteiger partial charge in [-0.05, 0) is 50.2 Å². The third-order valence-electron chi connectivity index (χ3n) is 5.39. The minimum absolute atomic E-state index is 0.131. The fourth-order valence-electron chi connectivity index (χ4n) is 4.08. The van der Waals surface area contributed by atoms with Gasteiger partial charge in [-0.15, -0.1) is 0 Å². The van der Waals surface area contributed by atoms with Gasteiger partial charge in [0, 0.05) is 38.9 Å². The molecule has 2 fully saturated rings. The van der Waals surface area contributed by atoms with Gasteiger partial charge in [0.15, 0.2) is 0 Å². The average molecular weight is 354 g/mol. The normalized spacial score (nSPS) is 21.0. The predicted octanol–water partition coefficient (Wildman–Crippen LogP) is 2.22. The van der Waals surface area contributed by atoms with Gasteiger partial charge in [-0.1, -0.05) is 0 Å². The van der Waals surface area contributed by atoms with E-state index in [0.717, 1.165) is 63.4 Å². The van der Waals surface area contributed by atoms with Crippen molar-refractivity contribution < 1.29 is 4.79 Å². The first kappa shape index (κ1) is 17.0. The molecule has 2 aromatic heterocycles. The van der Waals surface area contributed by atoms with E-state index in [1.54, 1.807) is 18.9 Å². The minimum atomic E-state index is 0.131. The van der Waals surface area contributed by atoms with Crippen molar-refractivity contribution in [3.63, 3.8) is 0 Å². The van der Waals surface area contributed by atoms with Crippen LogP contribution in [0.1, 0.15) is 42.5 Å². The third kappa shape index (κ3) is 3.71. The molecule has 0 spiro atoms. The number of carbonyl (C=O) groups excluding carboxylic acids is 1. The van der Waals surface area contributed by atoms with Crippen LogP contribution in [0.2, 0.25) is 0 Å². The van der Waals surface area contributed by atoms with Crippen molar-refractivity contribution in [1.82, 2.24) is 24.6 Å². The van der Waals surface area contributed by atoms with Gasteiger partial charge in [0.05, 0.1) is 5.56 Å². The Balaban J connectivity index is 1.50. The molecule has 0 aromatic carbocycles. The van der Waals surface area contributed by atoms with Crippen molar-refractivity contribution in [1.29, 1.82) is 0 Å². The zero-order valence-electron chi connectivity index (χ0n) is 15.1. The minimum Gasteiger partial charge on any atom is -0.356 e. The standard InChI is InChI=1S/C19H26N6O/c26-19(23-9-2-1-3-10-23)17-7-4-8-21-18(17)24-11-5-6-16(12-24)13-25-15-20-14-22-25/h4,7-8,14-16H,1-3,5-6,9-13H2. The molecule has 1 atom stereocenters. The quantitative estimate of drug-likeness (QED) is 0.842. The maximum atomic E-state index is 13.0. The van der Waals surface area contributed by atoms with E-state index in [-0.39, 0.29) is 5.91 Å². The molecule has 2 aromatic rings. The summed E-state index contributed by atoms with van der Waals surface area (Å²) in [5.74, 6) is 1.46. The van der Waals surface area contributed by atoms with E-state index >= 15 is 0 Å². The average Bonchev–Trinajstić information content (AvgIpc) is 3.21. The molecule has 0 bridgehead atoms. The van der Waals surface area contributed by atoms with Crippen LogP contribution in [0.15, 0.2) is 31.0 Å². The molecule has 2 aliphatic heterocycles. The summed E-state index contributed by atoms with van der Waals surface area (Å²) < 4.78 is 1.90. The van der Waals surface area contributed by atoms with Gasteiger partial charge in [0.1, 0.15) is 18.5 Å². The maximum absolute atomic E-state index is 13.0. The van der Waals surface area contributed by atoms with Gasteiger partial charge >= 0.3 is 0 Å². The summed E-state index contributed by atoms with van der Waals surface area (Å²) in [4.78, 5) is 25.9. The summed E-state index contributed by atoms with van der Waals surface area (Å²) in [7, 11) is 0. The van der Waals surface area contributed by atoms with Crippen LogP contribution in [0.3, 0.4) is 0 Å². The Morgan fingerprint density at radius 1 is 1.15 bits per heavy atom. The zero-order chi connectivity index (χ0) is 17.8. The van der Waals surface area contributed by atoms with Crippen molar-refractivity contribution in [2.75, 3.05) is 31.1 Å². The van der Waals surface area contributed by atoms with Crippen molar-refractivity contribution in [2.45, 2.75) is 38.6 Å². The van der Waals surface area contributed by atoms with E-state index in [9.17, 15) is 4.79 Å².